The number of amides is 2. The molecule has 0 fully saturated rings. The number of hydrogen-bond acceptors (Lipinski definition) is 3. The number of rotatable bonds is 4. The molecule has 3 aromatic rings. The Kier molecular flexibility index (Phi) is 5.25. The number of aromatic nitrogens is 1. The summed E-state index contributed by atoms with van der Waals surface area (Å²) in [6.07, 6.45) is 0. The van der Waals surface area contributed by atoms with Crippen LogP contribution in [0.25, 0.3) is 10.9 Å². The molecule has 144 valence electrons. The molecule has 28 heavy (non-hydrogen) atoms. The quantitative estimate of drug-likeness (QED) is 0.404. The molecule has 2 N–H and O–H groups in total. The minimum Gasteiger partial charge on any atom is -0.352 e. The first-order valence-corrected chi connectivity index (χ1v) is 8.15. The molecule has 1 aromatic heterocycles. The molecule has 0 aliphatic carbocycles. The Labute approximate surface area is 156 Å². The Morgan fingerprint density at radius 3 is 2.36 bits per heavy atom. The summed E-state index contributed by atoms with van der Waals surface area (Å²) >= 11 is 0. The lowest BCUT2D eigenvalue weighted by Gasteiger charge is -2.11. The number of halogens is 4. The number of carbonyl (C=O) groups is 2. The van der Waals surface area contributed by atoms with E-state index in [-0.39, 0.29) is 17.4 Å². The zero-order valence-corrected chi connectivity index (χ0v) is 14.4. The van der Waals surface area contributed by atoms with E-state index in [0.717, 1.165) is 0 Å². The number of pyridine rings is 1. The third-order valence-electron chi connectivity index (χ3n) is 3.89. The van der Waals surface area contributed by atoms with Crippen molar-refractivity contribution in [2.24, 2.45) is 0 Å². The molecule has 0 aliphatic rings. The largest absolute Gasteiger partial charge is 0.352 e. The number of hydrogen-bond donors (Lipinski definition) is 2. The highest BCUT2D eigenvalue weighted by molar-refractivity contribution is 6.09. The van der Waals surface area contributed by atoms with Crippen LogP contribution in [0.5, 0.6) is 0 Å². The number of carbonyl (C=O) groups excluding carboxylic acids is 2. The summed E-state index contributed by atoms with van der Waals surface area (Å²) in [5, 5.41) is 5.30. The van der Waals surface area contributed by atoms with E-state index >= 15 is 0 Å². The second-order valence-electron chi connectivity index (χ2n) is 5.73. The van der Waals surface area contributed by atoms with E-state index in [2.05, 4.69) is 15.6 Å². The number of para-hydroxylation sites is 1. The second-order valence-corrected chi connectivity index (χ2v) is 5.73. The van der Waals surface area contributed by atoms with Crippen LogP contribution in [0.4, 0.5) is 23.4 Å². The fourth-order valence-corrected chi connectivity index (χ4v) is 2.60. The van der Waals surface area contributed by atoms with Crippen molar-refractivity contribution in [3.63, 3.8) is 0 Å². The molecule has 2 amide bonds. The highest BCUT2D eigenvalue weighted by atomic mass is 19.2. The van der Waals surface area contributed by atoms with Gasteiger partial charge in [0.2, 0.25) is 0 Å². The summed E-state index contributed by atoms with van der Waals surface area (Å²) in [6, 6.07) is 8.10. The zero-order chi connectivity index (χ0) is 20.4. The van der Waals surface area contributed by atoms with Crippen LogP contribution in [0.15, 0.2) is 36.4 Å². The Hall–Kier alpha value is -3.49. The SMILES string of the molecule is CCNC(=O)c1cc(NC(=O)c2cc(F)c(F)c(F)c2F)nc2ccccc12. The maximum Gasteiger partial charge on any atom is 0.260 e. The Morgan fingerprint density at radius 2 is 1.64 bits per heavy atom. The standard InChI is InChI=1S/C19H13F4N3O2/c1-2-24-18(27)10-8-14(25-13-6-4-3-5-9(10)13)26-19(28)11-7-12(20)16(22)17(23)15(11)21/h3-8H,2H2,1H3,(H,24,27)(H,25,26,28). The number of fused-ring (bicyclic) bond motifs is 1. The molecule has 2 aromatic carbocycles. The summed E-state index contributed by atoms with van der Waals surface area (Å²) in [5.74, 6) is -9.48. The maximum absolute atomic E-state index is 13.8. The van der Waals surface area contributed by atoms with Crippen LogP contribution in [-0.4, -0.2) is 23.3 Å². The number of anilines is 1. The third-order valence-corrected chi connectivity index (χ3v) is 3.89. The van der Waals surface area contributed by atoms with Gasteiger partial charge in [0.1, 0.15) is 5.82 Å². The van der Waals surface area contributed by atoms with Gasteiger partial charge in [-0.1, -0.05) is 18.2 Å². The maximum atomic E-state index is 13.8. The lowest BCUT2D eigenvalue weighted by atomic mass is 10.1. The van der Waals surface area contributed by atoms with Crippen molar-refractivity contribution in [2.45, 2.75) is 6.92 Å². The molecule has 5 nitrogen and oxygen atoms in total. The van der Waals surface area contributed by atoms with Crippen LogP contribution in [0, 0.1) is 23.3 Å². The summed E-state index contributed by atoms with van der Waals surface area (Å²) < 4.78 is 53.6. The van der Waals surface area contributed by atoms with Gasteiger partial charge in [0.05, 0.1) is 16.6 Å². The van der Waals surface area contributed by atoms with E-state index in [1.807, 2.05) is 0 Å². The van der Waals surface area contributed by atoms with Crippen molar-refractivity contribution < 1.29 is 27.2 Å². The van der Waals surface area contributed by atoms with Gasteiger partial charge in [0, 0.05) is 11.9 Å². The molecule has 9 heteroatoms. The lowest BCUT2D eigenvalue weighted by molar-refractivity contribution is 0.0955. The van der Waals surface area contributed by atoms with Crippen molar-refractivity contribution in [3.05, 3.63) is 70.8 Å². The van der Waals surface area contributed by atoms with Crippen molar-refractivity contribution >= 4 is 28.5 Å². The smallest absolute Gasteiger partial charge is 0.260 e. The van der Waals surface area contributed by atoms with Crippen LogP contribution < -0.4 is 10.6 Å². The van der Waals surface area contributed by atoms with Crippen molar-refractivity contribution in [1.82, 2.24) is 10.3 Å². The fraction of sp³-hybridized carbons (Fsp3) is 0.105. The van der Waals surface area contributed by atoms with Crippen molar-refractivity contribution in [2.75, 3.05) is 11.9 Å². The van der Waals surface area contributed by atoms with Crippen LogP contribution in [0.1, 0.15) is 27.6 Å². The average molecular weight is 391 g/mol. The highest BCUT2D eigenvalue weighted by Gasteiger charge is 2.24. The lowest BCUT2D eigenvalue weighted by Crippen LogP contribution is -2.23. The molecule has 0 unspecified atom stereocenters. The molecule has 0 aliphatic heterocycles. The van der Waals surface area contributed by atoms with Crippen LogP contribution >= 0.6 is 0 Å². The van der Waals surface area contributed by atoms with E-state index < -0.39 is 40.6 Å². The first-order chi connectivity index (χ1) is 13.3. The van der Waals surface area contributed by atoms with Gasteiger partial charge in [0.15, 0.2) is 23.3 Å². The molecule has 0 radical (unpaired) electrons. The van der Waals surface area contributed by atoms with Crippen molar-refractivity contribution in [3.8, 4) is 0 Å². The highest BCUT2D eigenvalue weighted by Crippen LogP contribution is 2.23. The molecule has 0 saturated heterocycles. The first-order valence-electron chi connectivity index (χ1n) is 8.15. The van der Waals surface area contributed by atoms with Crippen LogP contribution in [0.3, 0.4) is 0 Å². The molecular formula is C19H13F4N3O2. The molecule has 0 atom stereocenters. The minimum atomic E-state index is -2.10. The normalized spacial score (nSPS) is 10.8. The Morgan fingerprint density at radius 1 is 0.929 bits per heavy atom. The average Bonchev–Trinajstić information content (AvgIpc) is 2.68. The van der Waals surface area contributed by atoms with Crippen LogP contribution in [-0.2, 0) is 0 Å². The first kappa shape index (κ1) is 19.3. The van der Waals surface area contributed by atoms with Gasteiger partial charge in [-0.3, -0.25) is 9.59 Å². The molecule has 0 spiro atoms. The van der Waals surface area contributed by atoms with Gasteiger partial charge in [-0.2, -0.15) is 0 Å². The minimum absolute atomic E-state index is 0.144. The Balaban J connectivity index is 2.03. The van der Waals surface area contributed by atoms with E-state index in [1.54, 1.807) is 31.2 Å². The van der Waals surface area contributed by atoms with E-state index in [0.29, 0.717) is 17.4 Å². The van der Waals surface area contributed by atoms with Gasteiger partial charge in [-0.25, -0.2) is 22.5 Å². The van der Waals surface area contributed by atoms with Gasteiger partial charge >= 0.3 is 0 Å². The summed E-state index contributed by atoms with van der Waals surface area (Å²) in [5.41, 5.74) is -0.482. The third kappa shape index (κ3) is 3.51. The monoisotopic (exact) mass is 391 g/mol. The summed E-state index contributed by atoms with van der Waals surface area (Å²) in [6.45, 7) is 2.08. The van der Waals surface area contributed by atoms with Gasteiger partial charge in [-0.15, -0.1) is 0 Å². The Bertz CT molecular complexity index is 1100. The van der Waals surface area contributed by atoms with E-state index in [1.165, 1.54) is 6.07 Å². The molecular weight excluding hydrogens is 378 g/mol. The second kappa shape index (κ2) is 7.63. The zero-order valence-electron chi connectivity index (χ0n) is 14.4. The van der Waals surface area contributed by atoms with E-state index in [9.17, 15) is 27.2 Å². The van der Waals surface area contributed by atoms with Crippen molar-refractivity contribution in [1.29, 1.82) is 0 Å². The molecule has 0 bridgehead atoms. The van der Waals surface area contributed by atoms with Gasteiger partial charge in [0.25, 0.3) is 11.8 Å². The molecule has 0 saturated carbocycles. The van der Waals surface area contributed by atoms with Gasteiger partial charge < -0.3 is 10.6 Å². The fourth-order valence-electron chi connectivity index (χ4n) is 2.60. The molecule has 3 rings (SSSR count). The van der Waals surface area contributed by atoms with Crippen LogP contribution in [0.2, 0.25) is 0 Å². The predicted molar refractivity (Wildman–Crippen MR) is 94.0 cm³/mol. The number of benzene rings is 2. The molecule has 1 heterocycles. The van der Waals surface area contributed by atoms with Gasteiger partial charge in [-0.05, 0) is 25.1 Å². The van der Waals surface area contributed by atoms with E-state index in [4.69, 9.17) is 0 Å². The number of nitrogens with zero attached hydrogens (tertiary/aromatic N) is 1. The summed E-state index contributed by atoms with van der Waals surface area (Å²) in [4.78, 5) is 28.7. The topological polar surface area (TPSA) is 71.1 Å². The summed E-state index contributed by atoms with van der Waals surface area (Å²) in [7, 11) is 0. The number of nitrogens with one attached hydrogen (secondary N) is 2. The predicted octanol–water partition coefficient (Wildman–Crippen LogP) is 3.79.